The van der Waals surface area contributed by atoms with Crippen LogP contribution in [-0.2, 0) is 16.1 Å². The molecule has 43 heavy (non-hydrogen) atoms. The van der Waals surface area contributed by atoms with Crippen molar-refractivity contribution in [2.24, 2.45) is 5.41 Å². The highest BCUT2D eigenvalue weighted by Gasteiger charge is 2.66. The molecule has 0 bridgehead atoms. The molecule has 1 saturated heterocycles. The second-order valence-corrected chi connectivity index (χ2v) is 12.2. The maximum Gasteiger partial charge on any atom is 0.248 e. The monoisotopic (exact) mass is 647 g/mol. The lowest BCUT2D eigenvalue weighted by Gasteiger charge is -2.27. The number of aromatic nitrogens is 5. The van der Waals surface area contributed by atoms with Gasteiger partial charge >= 0.3 is 0 Å². The standard InChI is InChI=1S/C30H30BrN7O5/c1-15-4-5-24(31)34-28(15)35-29(43)21-8-30(14-40)9-23(30)38(21)25(42)12-37-27-16(2)6-18(19-10-32-17(3)33-11-19)7-20(27)26(36-37)22(41)13-39/h4-7,10-11,21,23,39-40H,8-9,12-14H2,1-3H3,(H,34,35,43)/t21-,23+,30-/m0/s1. The molecule has 6 rings (SSSR count). The van der Waals surface area contributed by atoms with Crippen LogP contribution in [0, 0.1) is 26.2 Å². The number of aliphatic hydroxyl groups excluding tert-OH is 2. The zero-order chi connectivity index (χ0) is 30.6. The number of amides is 2. The summed E-state index contributed by atoms with van der Waals surface area (Å²) >= 11 is 3.33. The van der Waals surface area contributed by atoms with Gasteiger partial charge in [0.2, 0.25) is 17.6 Å². The molecule has 3 atom stereocenters. The van der Waals surface area contributed by atoms with Crippen molar-refractivity contribution in [3.05, 3.63) is 63.9 Å². The van der Waals surface area contributed by atoms with E-state index in [1.165, 1.54) is 4.68 Å². The molecule has 12 nitrogen and oxygen atoms in total. The number of halogens is 1. The summed E-state index contributed by atoms with van der Waals surface area (Å²) in [5.74, 6) is -0.308. The van der Waals surface area contributed by atoms with E-state index in [-0.39, 0.29) is 36.7 Å². The van der Waals surface area contributed by atoms with Crippen molar-refractivity contribution in [2.75, 3.05) is 18.5 Å². The first kappa shape index (κ1) is 29.0. The Balaban J connectivity index is 1.34. The number of rotatable bonds is 8. The van der Waals surface area contributed by atoms with E-state index < -0.39 is 23.8 Å². The van der Waals surface area contributed by atoms with Gasteiger partial charge in [0.25, 0.3) is 0 Å². The van der Waals surface area contributed by atoms with E-state index >= 15 is 0 Å². The Kier molecular flexibility index (Phi) is 7.35. The molecule has 2 fully saturated rings. The molecule has 1 aliphatic carbocycles. The zero-order valence-corrected chi connectivity index (χ0v) is 25.4. The van der Waals surface area contributed by atoms with Gasteiger partial charge in [0, 0.05) is 34.8 Å². The van der Waals surface area contributed by atoms with E-state index in [4.69, 9.17) is 0 Å². The number of carbonyl (C=O) groups is 3. The van der Waals surface area contributed by atoms with Crippen LogP contribution in [0.4, 0.5) is 5.82 Å². The molecule has 2 aliphatic rings. The second kappa shape index (κ2) is 10.9. The molecule has 13 heteroatoms. The number of benzene rings is 1. The van der Waals surface area contributed by atoms with Gasteiger partial charge in [-0.05, 0) is 84.4 Å². The molecule has 4 aromatic rings. The van der Waals surface area contributed by atoms with Crippen LogP contribution in [0.1, 0.15) is 40.3 Å². The topological polar surface area (TPSA) is 163 Å². The van der Waals surface area contributed by atoms with Gasteiger partial charge in [-0.1, -0.05) is 6.07 Å². The van der Waals surface area contributed by atoms with Crippen LogP contribution in [-0.4, -0.2) is 82.7 Å². The Morgan fingerprint density at radius 2 is 1.79 bits per heavy atom. The molecule has 0 radical (unpaired) electrons. The summed E-state index contributed by atoms with van der Waals surface area (Å²) in [6, 6.07) is 6.19. The molecule has 1 saturated carbocycles. The number of aryl methyl sites for hydroxylation is 3. The van der Waals surface area contributed by atoms with Crippen LogP contribution in [0.3, 0.4) is 0 Å². The predicted molar refractivity (Wildman–Crippen MR) is 160 cm³/mol. The third kappa shape index (κ3) is 5.11. The van der Waals surface area contributed by atoms with Crippen molar-refractivity contribution in [3.8, 4) is 11.1 Å². The van der Waals surface area contributed by atoms with Crippen LogP contribution < -0.4 is 5.32 Å². The molecular weight excluding hydrogens is 618 g/mol. The number of pyridine rings is 1. The lowest BCUT2D eigenvalue weighted by Crippen LogP contribution is -2.47. The number of Topliss-reactive ketones (excluding diaryl/α,β-unsaturated/α-hetero) is 1. The fourth-order valence-corrected chi connectivity index (χ4v) is 6.42. The fraction of sp³-hybridized carbons (Fsp3) is 0.367. The van der Waals surface area contributed by atoms with E-state index in [1.807, 2.05) is 26.0 Å². The van der Waals surface area contributed by atoms with Crippen molar-refractivity contribution in [3.63, 3.8) is 0 Å². The van der Waals surface area contributed by atoms with E-state index in [0.717, 1.165) is 22.3 Å². The third-order valence-electron chi connectivity index (χ3n) is 8.47. The molecule has 4 heterocycles. The predicted octanol–water partition coefficient (Wildman–Crippen LogP) is 2.74. The minimum Gasteiger partial charge on any atom is -0.396 e. The SMILES string of the molecule is Cc1ncc(-c2cc(C)c3c(c2)c(C(=O)CO)nn3CC(=O)N2[C@H](C(=O)Nc3nc(Br)ccc3C)C[C@@]3(CO)C[C@@H]23)cn1. The first-order chi connectivity index (χ1) is 20.5. The third-order valence-corrected chi connectivity index (χ3v) is 8.91. The number of hydrogen-bond acceptors (Lipinski definition) is 9. The minimum atomic E-state index is -0.812. The Hall–Kier alpha value is -4.07. The van der Waals surface area contributed by atoms with Crippen LogP contribution in [0.25, 0.3) is 22.0 Å². The molecular formula is C30H30BrN7O5. The Morgan fingerprint density at radius 1 is 1.05 bits per heavy atom. The molecule has 0 unspecified atom stereocenters. The van der Waals surface area contributed by atoms with E-state index in [0.29, 0.717) is 40.0 Å². The number of ketones is 1. The number of aliphatic hydroxyl groups is 2. The van der Waals surface area contributed by atoms with Gasteiger partial charge in [-0.15, -0.1) is 0 Å². The van der Waals surface area contributed by atoms with Crippen LogP contribution in [0.5, 0.6) is 0 Å². The average Bonchev–Trinajstić information content (AvgIpc) is 3.41. The van der Waals surface area contributed by atoms with Gasteiger partial charge in [0.05, 0.1) is 12.1 Å². The Labute approximate surface area is 255 Å². The van der Waals surface area contributed by atoms with Gasteiger partial charge in [-0.2, -0.15) is 5.10 Å². The summed E-state index contributed by atoms with van der Waals surface area (Å²) in [6.45, 7) is 4.36. The minimum absolute atomic E-state index is 0.0475. The lowest BCUT2D eigenvalue weighted by atomic mass is 10.00. The fourth-order valence-electron chi connectivity index (χ4n) is 6.11. The van der Waals surface area contributed by atoms with Crippen molar-refractivity contribution >= 4 is 50.2 Å². The van der Waals surface area contributed by atoms with Crippen LogP contribution in [0.2, 0.25) is 0 Å². The number of nitrogens with one attached hydrogen (secondary N) is 1. The molecule has 3 aromatic heterocycles. The Morgan fingerprint density at radius 3 is 2.49 bits per heavy atom. The number of piperidine rings is 1. The normalized spacial score (nSPS) is 20.7. The highest BCUT2D eigenvalue weighted by Crippen LogP contribution is 2.59. The smallest absolute Gasteiger partial charge is 0.248 e. The summed E-state index contributed by atoms with van der Waals surface area (Å²) in [5.41, 5.74) is 3.13. The zero-order valence-electron chi connectivity index (χ0n) is 23.8. The summed E-state index contributed by atoms with van der Waals surface area (Å²) < 4.78 is 2.02. The average molecular weight is 649 g/mol. The van der Waals surface area contributed by atoms with Crippen molar-refractivity contribution in [1.82, 2.24) is 29.6 Å². The van der Waals surface area contributed by atoms with Gasteiger partial charge < -0.3 is 20.4 Å². The lowest BCUT2D eigenvalue weighted by molar-refractivity contribution is -0.138. The summed E-state index contributed by atoms with van der Waals surface area (Å²) in [6.07, 6.45) is 4.31. The molecule has 222 valence electrons. The highest BCUT2D eigenvalue weighted by molar-refractivity contribution is 9.10. The highest BCUT2D eigenvalue weighted by atomic mass is 79.9. The van der Waals surface area contributed by atoms with Gasteiger partial charge in [-0.25, -0.2) is 15.0 Å². The number of anilines is 1. The summed E-state index contributed by atoms with van der Waals surface area (Å²) in [4.78, 5) is 54.6. The number of likely N-dealkylation sites (tertiary alicyclic amines) is 1. The van der Waals surface area contributed by atoms with E-state index in [9.17, 15) is 24.6 Å². The molecule has 3 N–H and O–H groups in total. The van der Waals surface area contributed by atoms with Gasteiger partial charge in [0.1, 0.15) is 41.1 Å². The number of hydrogen-bond donors (Lipinski definition) is 3. The maximum atomic E-state index is 14.0. The van der Waals surface area contributed by atoms with Crippen LogP contribution in [0.15, 0.2) is 41.3 Å². The molecule has 0 spiro atoms. The second-order valence-electron chi connectivity index (χ2n) is 11.3. The van der Waals surface area contributed by atoms with Gasteiger partial charge in [0.15, 0.2) is 0 Å². The number of nitrogens with zero attached hydrogens (tertiary/aromatic N) is 6. The Bertz CT molecular complexity index is 1790. The quantitative estimate of drug-likeness (QED) is 0.193. The van der Waals surface area contributed by atoms with E-state index in [1.54, 1.807) is 36.4 Å². The van der Waals surface area contributed by atoms with E-state index in [2.05, 4.69) is 41.3 Å². The first-order valence-electron chi connectivity index (χ1n) is 13.9. The largest absolute Gasteiger partial charge is 0.396 e. The van der Waals surface area contributed by atoms with Crippen molar-refractivity contribution < 1.29 is 24.6 Å². The van der Waals surface area contributed by atoms with Gasteiger partial charge in [-0.3, -0.25) is 19.1 Å². The molecule has 1 aliphatic heterocycles. The van der Waals surface area contributed by atoms with Crippen molar-refractivity contribution in [1.29, 1.82) is 0 Å². The molecule has 1 aromatic carbocycles. The van der Waals surface area contributed by atoms with Crippen LogP contribution >= 0.6 is 15.9 Å². The molecule has 2 amide bonds. The maximum absolute atomic E-state index is 14.0. The number of fused-ring (bicyclic) bond motifs is 2. The summed E-state index contributed by atoms with van der Waals surface area (Å²) in [7, 11) is 0. The first-order valence-corrected chi connectivity index (χ1v) is 14.6. The number of carbonyl (C=O) groups excluding carboxylic acids is 3. The summed E-state index contributed by atoms with van der Waals surface area (Å²) in [5, 5.41) is 27.7. The van der Waals surface area contributed by atoms with Crippen molar-refractivity contribution in [2.45, 2.75) is 52.2 Å².